The van der Waals surface area contributed by atoms with E-state index in [1.165, 1.54) is 12.8 Å². The maximum Gasteiger partial charge on any atom is 0.234 e. The van der Waals surface area contributed by atoms with Crippen molar-refractivity contribution in [2.24, 2.45) is 0 Å². The number of rotatable bonds is 6. The molecule has 1 fully saturated rings. The summed E-state index contributed by atoms with van der Waals surface area (Å²) in [4.78, 5) is 16.4. The SMILES string of the molecule is O=C(CNC1(c2nccs2)CCCC1)NCc1ccco1. The summed E-state index contributed by atoms with van der Waals surface area (Å²) < 4.78 is 5.20. The van der Waals surface area contributed by atoms with Gasteiger partial charge >= 0.3 is 0 Å². The Morgan fingerprint density at radius 3 is 2.95 bits per heavy atom. The first kappa shape index (κ1) is 14.3. The van der Waals surface area contributed by atoms with Crippen LogP contribution in [0.15, 0.2) is 34.4 Å². The number of nitrogens with zero attached hydrogens (tertiary/aromatic N) is 1. The molecule has 2 heterocycles. The van der Waals surface area contributed by atoms with E-state index in [0.717, 1.165) is 23.6 Å². The van der Waals surface area contributed by atoms with Crippen LogP contribution < -0.4 is 10.6 Å². The van der Waals surface area contributed by atoms with Gasteiger partial charge in [-0.2, -0.15) is 0 Å². The van der Waals surface area contributed by atoms with Gasteiger partial charge in [0.25, 0.3) is 0 Å². The van der Waals surface area contributed by atoms with Gasteiger partial charge in [-0.25, -0.2) is 4.98 Å². The second-order valence-corrected chi connectivity index (χ2v) is 6.23. The molecule has 0 saturated heterocycles. The van der Waals surface area contributed by atoms with Gasteiger partial charge in [0.1, 0.15) is 10.8 Å². The van der Waals surface area contributed by atoms with Crippen LogP contribution >= 0.6 is 11.3 Å². The van der Waals surface area contributed by atoms with Crippen molar-refractivity contribution in [1.29, 1.82) is 0 Å². The van der Waals surface area contributed by atoms with Gasteiger partial charge < -0.3 is 9.73 Å². The monoisotopic (exact) mass is 305 g/mol. The molecule has 21 heavy (non-hydrogen) atoms. The molecule has 2 aromatic rings. The van der Waals surface area contributed by atoms with Gasteiger partial charge in [0.2, 0.25) is 5.91 Å². The summed E-state index contributed by atoms with van der Waals surface area (Å²) in [6.45, 7) is 0.734. The zero-order valence-corrected chi connectivity index (χ0v) is 12.6. The smallest absolute Gasteiger partial charge is 0.234 e. The highest BCUT2D eigenvalue weighted by Gasteiger charge is 2.37. The molecule has 5 nitrogen and oxygen atoms in total. The number of thiazole rings is 1. The van der Waals surface area contributed by atoms with E-state index in [2.05, 4.69) is 15.6 Å². The first-order valence-electron chi connectivity index (χ1n) is 7.23. The normalized spacial score (nSPS) is 17.0. The Balaban J connectivity index is 1.54. The standard InChI is InChI=1S/C15H19N3O2S/c19-13(17-10-12-4-3-8-20-12)11-18-15(5-1-2-6-15)14-16-7-9-21-14/h3-4,7-9,18H,1-2,5-6,10-11H2,(H,17,19). The molecule has 0 bridgehead atoms. The van der Waals surface area contributed by atoms with Gasteiger partial charge in [0, 0.05) is 11.6 Å². The minimum absolute atomic E-state index is 0.0192. The van der Waals surface area contributed by atoms with Crippen molar-refractivity contribution in [3.63, 3.8) is 0 Å². The van der Waals surface area contributed by atoms with Gasteiger partial charge in [-0.05, 0) is 25.0 Å². The summed E-state index contributed by atoms with van der Waals surface area (Å²) in [7, 11) is 0. The van der Waals surface area contributed by atoms with Gasteiger partial charge in [-0.15, -0.1) is 11.3 Å². The van der Waals surface area contributed by atoms with Crippen molar-refractivity contribution in [2.45, 2.75) is 37.8 Å². The van der Waals surface area contributed by atoms with Crippen molar-refractivity contribution < 1.29 is 9.21 Å². The Kier molecular flexibility index (Phi) is 4.36. The van der Waals surface area contributed by atoms with Gasteiger partial charge in [0.05, 0.1) is 24.9 Å². The lowest BCUT2D eigenvalue weighted by molar-refractivity contribution is -0.120. The maximum atomic E-state index is 12.0. The van der Waals surface area contributed by atoms with Crippen LogP contribution in [0.1, 0.15) is 36.5 Å². The van der Waals surface area contributed by atoms with E-state index in [-0.39, 0.29) is 11.4 Å². The molecule has 0 aromatic carbocycles. The zero-order chi connectivity index (χ0) is 14.5. The third-order valence-electron chi connectivity index (χ3n) is 3.93. The van der Waals surface area contributed by atoms with Crippen LogP contribution in [0.25, 0.3) is 0 Å². The zero-order valence-electron chi connectivity index (χ0n) is 11.8. The number of nitrogens with one attached hydrogen (secondary N) is 2. The van der Waals surface area contributed by atoms with E-state index in [1.54, 1.807) is 17.6 Å². The van der Waals surface area contributed by atoms with E-state index < -0.39 is 0 Å². The van der Waals surface area contributed by atoms with Crippen molar-refractivity contribution >= 4 is 17.2 Å². The maximum absolute atomic E-state index is 12.0. The largest absolute Gasteiger partial charge is 0.467 e. The van der Waals surface area contributed by atoms with Crippen LogP contribution in [0.2, 0.25) is 0 Å². The lowest BCUT2D eigenvalue weighted by atomic mass is 9.98. The molecule has 0 unspecified atom stereocenters. The number of amides is 1. The number of hydrogen-bond donors (Lipinski definition) is 2. The van der Waals surface area contributed by atoms with Gasteiger partial charge in [-0.1, -0.05) is 12.8 Å². The van der Waals surface area contributed by atoms with Crippen molar-refractivity contribution in [3.8, 4) is 0 Å². The molecular formula is C15H19N3O2S. The first-order valence-corrected chi connectivity index (χ1v) is 8.11. The number of aromatic nitrogens is 1. The first-order chi connectivity index (χ1) is 10.3. The van der Waals surface area contributed by atoms with E-state index in [0.29, 0.717) is 13.1 Å². The van der Waals surface area contributed by atoms with Crippen LogP contribution in [0, 0.1) is 0 Å². The molecule has 0 aliphatic heterocycles. The molecule has 3 rings (SSSR count). The number of carbonyl (C=O) groups is 1. The predicted octanol–water partition coefficient (Wildman–Crippen LogP) is 2.41. The van der Waals surface area contributed by atoms with Gasteiger partial charge in [-0.3, -0.25) is 10.1 Å². The third kappa shape index (κ3) is 3.33. The Hall–Kier alpha value is -1.66. The Bertz CT molecular complexity index is 560. The fourth-order valence-corrected chi connectivity index (χ4v) is 3.69. The number of hydrogen-bond acceptors (Lipinski definition) is 5. The highest BCUT2D eigenvalue weighted by atomic mass is 32.1. The van der Waals surface area contributed by atoms with E-state index >= 15 is 0 Å². The van der Waals surface area contributed by atoms with Gasteiger partial charge in [0.15, 0.2) is 0 Å². The Morgan fingerprint density at radius 2 is 2.29 bits per heavy atom. The molecule has 1 amide bonds. The Labute approximate surface area is 127 Å². The average Bonchev–Trinajstić information content (AvgIpc) is 3.25. The molecule has 6 heteroatoms. The topological polar surface area (TPSA) is 67.2 Å². The minimum atomic E-state index is -0.115. The second kappa shape index (κ2) is 6.41. The highest BCUT2D eigenvalue weighted by molar-refractivity contribution is 7.09. The Morgan fingerprint density at radius 1 is 1.43 bits per heavy atom. The molecule has 1 aliphatic carbocycles. The number of furan rings is 1. The molecule has 2 aromatic heterocycles. The second-order valence-electron chi connectivity index (χ2n) is 5.34. The minimum Gasteiger partial charge on any atom is -0.467 e. The van der Waals surface area contributed by atoms with Crippen LogP contribution in [-0.4, -0.2) is 17.4 Å². The summed E-state index contributed by atoms with van der Waals surface area (Å²) in [6.07, 6.45) is 7.90. The summed E-state index contributed by atoms with van der Waals surface area (Å²) in [6, 6.07) is 3.66. The highest BCUT2D eigenvalue weighted by Crippen LogP contribution is 2.39. The molecule has 0 radical (unpaired) electrons. The van der Waals surface area contributed by atoms with Crippen LogP contribution in [-0.2, 0) is 16.9 Å². The van der Waals surface area contributed by atoms with E-state index in [4.69, 9.17) is 4.42 Å². The molecule has 2 N–H and O–H groups in total. The molecule has 0 spiro atoms. The van der Waals surface area contributed by atoms with Crippen molar-refractivity contribution in [3.05, 3.63) is 40.7 Å². The average molecular weight is 305 g/mol. The van der Waals surface area contributed by atoms with Crippen molar-refractivity contribution in [1.82, 2.24) is 15.6 Å². The van der Waals surface area contributed by atoms with E-state index in [1.807, 2.05) is 23.7 Å². The van der Waals surface area contributed by atoms with Crippen molar-refractivity contribution in [2.75, 3.05) is 6.54 Å². The lowest BCUT2D eigenvalue weighted by Gasteiger charge is -2.28. The van der Waals surface area contributed by atoms with Crippen LogP contribution in [0.3, 0.4) is 0 Å². The molecule has 1 aliphatic rings. The third-order valence-corrected chi connectivity index (χ3v) is 4.90. The summed E-state index contributed by atoms with van der Waals surface area (Å²) in [5.74, 6) is 0.744. The van der Waals surface area contributed by atoms with Crippen LogP contribution in [0.4, 0.5) is 0 Å². The fourth-order valence-electron chi connectivity index (χ4n) is 2.82. The summed E-state index contributed by atoms with van der Waals surface area (Å²) in [5.41, 5.74) is -0.115. The molecule has 1 saturated carbocycles. The predicted molar refractivity (Wildman–Crippen MR) is 80.8 cm³/mol. The summed E-state index contributed by atoms with van der Waals surface area (Å²) >= 11 is 1.66. The summed E-state index contributed by atoms with van der Waals surface area (Å²) in [5, 5.41) is 9.38. The lowest BCUT2D eigenvalue weighted by Crippen LogP contribution is -2.45. The molecule has 0 atom stereocenters. The molecular weight excluding hydrogens is 286 g/mol. The fraction of sp³-hybridized carbons (Fsp3) is 0.467. The van der Waals surface area contributed by atoms with E-state index in [9.17, 15) is 4.79 Å². The number of carbonyl (C=O) groups excluding carboxylic acids is 1. The quantitative estimate of drug-likeness (QED) is 0.860. The molecule has 112 valence electrons. The van der Waals surface area contributed by atoms with Crippen LogP contribution in [0.5, 0.6) is 0 Å².